The van der Waals surface area contributed by atoms with Crippen molar-refractivity contribution in [1.82, 2.24) is 0 Å². The normalized spacial score (nSPS) is 11.6. The highest BCUT2D eigenvalue weighted by molar-refractivity contribution is 9.11. The Kier molecular flexibility index (Phi) is 6.70. The Hall–Kier alpha value is 0.170. The van der Waals surface area contributed by atoms with Crippen molar-refractivity contribution in [1.29, 1.82) is 0 Å². The van der Waals surface area contributed by atoms with Crippen molar-refractivity contribution < 1.29 is 0 Å². The van der Waals surface area contributed by atoms with Crippen LogP contribution < -0.4 is 5.73 Å². The van der Waals surface area contributed by atoms with Crippen LogP contribution in [0, 0.1) is 0 Å². The van der Waals surface area contributed by atoms with E-state index in [1.165, 1.54) is 0 Å². The predicted octanol–water partition coefficient (Wildman–Crippen LogP) is 4.21. The first-order valence-electron chi connectivity index (χ1n) is 3.96. The van der Waals surface area contributed by atoms with E-state index in [0.29, 0.717) is 0 Å². The van der Waals surface area contributed by atoms with E-state index >= 15 is 0 Å². The molecule has 0 saturated heterocycles. The Bertz CT molecular complexity index is 315. The van der Waals surface area contributed by atoms with Crippen LogP contribution in [0.2, 0.25) is 0 Å². The van der Waals surface area contributed by atoms with Gasteiger partial charge in [0.1, 0.15) is 0 Å². The van der Waals surface area contributed by atoms with E-state index in [2.05, 4.69) is 38.4 Å². The first-order chi connectivity index (χ1) is 6.15. The maximum atomic E-state index is 5.95. The second-order valence-electron chi connectivity index (χ2n) is 2.80. The van der Waals surface area contributed by atoms with Gasteiger partial charge in [-0.3, -0.25) is 0 Å². The SMILES string of the molecule is C=CC[C@H](N)c1cc(Br)ccc1Br.Cl. The van der Waals surface area contributed by atoms with Gasteiger partial charge >= 0.3 is 0 Å². The molecule has 2 N–H and O–H groups in total. The molecule has 1 aromatic carbocycles. The van der Waals surface area contributed by atoms with E-state index in [1.807, 2.05) is 24.3 Å². The first-order valence-corrected chi connectivity index (χ1v) is 5.55. The zero-order valence-electron chi connectivity index (χ0n) is 7.54. The van der Waals surface area contributed by atoms with Gasteiger partial charge in [0.05, 0.1) is 0 Å². The van der Waals surface area contributed by atoms with Gasteiger partial charge in [-0.2, -0.15) is 0 Å². The Morgan fingerprint density at radius 3 is 2.64 bits per heavy atom. The van der Waals surface area contributed by atoms with E-state index in [9.17, 15) is 0 Å². The molecule has 78 valence electrons. The lowest BCUT2D eigenvalue weighted by atomic mass is 10.1. The fourth-order valence-corrected chi connectivity index (χ4v) is 2.02. The molecule has 0 saturated carbocycles. The smallest absolute Gasteiger partial charge is 0.0341 e. The molecule has 0 aliphatic heterocycles. The van der Waals surface area contributed by atoms with Crippen LogP contribution in [-0.4, -0.2) is 0 Å². The molecule has 0 unspecified atom stereocenters. The largest absolute Gasteiger partial charge is 0.324 e. The third kappa shape index (κ3) is 3.73. The molecule has 1 atom stereocenters. The van der Waals surface area contributed by atoms with E-state index < -0.39 is 0 Å². The molecule has 0 radical (unpaired) electrons. The Balaban J connectivity index is 0.00000169. The molecule has 0 bridgehead atoms. The molecule has 1 rings (SSSR count). The number of hydrogen-bond donors (Lipinski definition) is 1. The Morgan fingerprint density at radius 1 is 1.43 bits per heavy atom. The zero-order chi connectivity index (χ0) is 9.84. The van der Waals surface area contributed by atoms with Gasteiger partial charge in [-0.15, -0.1) is 19.0 Å². The molecule has 0 aliphatic carbocycles. The summed E-state index contributed by atoms with van der Waals surface area (Å²) in [5.74, 6) is 0. The van der Waals surface area contributed by atoms with Crippen molar-refractivity contribution in [3.05, 3.63) is 45.4 Å². The molecule has 0 amide bonds. The molecule has 1 nitrogen and oxygen atoms in total. The average Bonchev–Trinajstić information content (AvgIpc) is 2.09. The van der Waals surface area contributed by atoms with Gasteiger partial charge in [0, 0.05) is 15.0 Å². The second-order valence-corrected chi connectivity index (χ2v) is 4.57. The minimum Gasteiger partial charge on any atom is -0.324 e. The lowest BCUT2D eigenvalue weighted by Gasteiger charge is -2.11. The first kappa shape index (κ1) is 14.2. The summed E-state index contributed by atoms with van der Waals surface area (Å²) >= 11 is 6.88. The van der Waals surface area contributed by atoms with Gasteiger partial charge in [0.25, 0.3) is 0 Å². The fourth-order valence-electron chi connectivity index (χ4n) is 1.11. The molecular formula is C10H12Br2ClN. The van der Waals surface area contributed by atoms with Crippen LogP contribution in [0.3, 0.4) is 0 Å². The van der Waals surface area contributed by atoms with Crippen molar-refractivity contribution >= 4 is 44.3 Å². The monoisotopic (exact) mass is 339 g/mol. The molecule has 0 heterocycles. The summed E-state index contributed by atoms with van der Waals surface area (Å²) in [6, 6.07) is 6.01. The van der Waals surface area contributed by atoms with Crippen LogP contribution in [0.15, 0.2) is 39.8 Å². The van der Waals surface area contributed by atoms with Crippen molar-refractivity contribution in [3.8, 4) is 0 Å². The predicted molar refractivity (Wildman–Crippen MR) is 70.8 cm³/mol. The number of halogens is 3. The van der Waals surface area contributed by atoms with Gasteiger partial charge < -0.3 is 5.73 Å². The van der Waals surface area contributed by atoms with E-state index in [1.54, 1.807) is 0 Å². The van der Waals surface area contributed by atoms with Gasteiger partial charge in [0.15, 0.2) is 0 Å². The van der Waals surface area contributed by atoms with Crippen LogP contribution >= 0.6 is 44.3 Å². The van der Waals surface area contributed by atoms with E-state index in [4.69, 9.17) is 5.73 Å². The van der Waals surface area contributed by atoms with Gasteiger partial charge in [-0.1, -0.05) is 37.9 Å². The molecule has 4 heteroatoms. The van der Waals surface area contributed by atoms with Crippen LogP contribution in [-0.2, 0) is 0 Å². The Morgan fingerprint density at radius 2 is 2.07 bits per heavy atom. The maximum absolute atomic E-state index is 5.95. The van der Waals surface area contributed by atoms with E-state index in [0.717, 1.165) is 20.9 Å². The van der Waals surface area contributed by atoms with Gasteiger partial charge in [-0.25, -0.2) is 0 Å². The Labute approximate surface area is 107 Å². The summed E-state index contributed by atoms with van der Waals surface area (Å²) in [5.41, 5.74) is 7.06. The lowest BCUT2D eigenvalue weighted by Crippen LogP contribution is -2.09. The van der Waals surface area contributed by atoms with Gasteiger partial charge in [-0.05, 0) is 30.2 Å². The van der Waals surface area contributed by atoms with Crippen molar-refractivity contribution in [2.24, 2.45) is 5.73 Å². The summed E-state index contributed by atoms with van der Waals surface area (Å²) in [6.07, 6.45) is 2.62. The highest BCUT2D eigenvalue weighted by atomic mass is 79.9. The highest BCUT2D eigenvalue weighted by Crippen LogP contribution is 2.27. The fraction of sp³-hybridized carbons (Fsp3) is 0.200. The lowest BCUT2D eigenvalue weighted by molar-refractivity contribution is 0.737. The number of nitrogens with two attached hydrogens (primary N) is 1. The standard InChI is InChI=1S/C10H11Br2N.ClH/c1-2-3-10(13)8-6-7(11)4-5-9(8)12;/h2,4-6,10H,1,3,13H2;1H/t10-;/m0./s1. The van der Waals surface area contributed by atoms with E-state index in [-0.39, 0.29) is 18.4 Å². The minimum absolute atomic E-state index is 0. The highest BCUT2D eigenvalue weighted by Gasteiger charge is 2.08. The van der Waals surface area contributed by atoms with Crippen molar-refractivity contribution in [2.45, 2.75) is 12.5 Å². The average molecular weight is 341 g/mol. The molecule has 0 aromatic heterocycles. The molecule has 14 heavy (non-hydrogen) atoms. The van der Waals surface area contributed by atoms with Crippen LogP contribution in [0.4, 0.5) is 0 Å². The van der Waals surface area contributed by atoms with Crippen LogP contribution in [0.25, 0.3) is 0 Å². The summed E-state index contributed by atoms with van der Waals surface area (Å²) in [4.78, 5) is 0. The molecular weight excluding hydrogens is 329 g/mol. The molecule has 0 fully saturated rings. The molecule has 0 aliphatic rings. The minimum atomic E-state index is 0. The summed E-state index contributed by atoms with van der Waals surface area (Å²) < 4.78 is 2.09. The van der Waals surface area contributed by atoms with Crippen LogP contribution in [0.1, 0.15) is 18.0 Å². The summed E-state index contributed by atoms with van der Waals surface area (Å²) in [5, 5.41) is 0. The number of hydrogen-bond acceptors (Lipinski definition) is 1. The topological polar surface area (TPSA) is 26.0 Å². The van der Waals surface area contributed by atoms with Crippen molar-refractivity contribution in [2.75, 3.05) is 0 Å². The summed E-state index contributed by atoms with van der Waals surface area (Å²) in [6.45, 7) is 3.67. The third-order valence-electron chi connectivity index (χ3n) is 1.78. The quantitative estimate of drug-likeness (QED) is 0.819. The number of benzene rings is 1. The third-order valence-corrected chi connectivity index (χ3v) is 2.99. The zero-order valence-corrected chi connectivity index (χ0v) is 11.5. The van der Waals surface area contributed by atoms with Gasteiger partial charge in [0.2, 0.25) is 0 Å². The molecule has 1 aromatic rings. The summed E-state index contributed by atoms with van der Waals surface area (Å²) in [7, 11) is 0. The van der Waals surface area contributed by atoms with Crippen molar-refractivity contribution in [3.63, 3.8) is 0 Å². The maximum Gasteiger partial charge on any atom is 0.0341 e. The second kappa shape index (κ2) is 6.62. The number of rotatable bonds is 3. The molecule has 0 spiro atoms. The van der Waals surface area contributed by atoms with Crippen LogP contribution in [0.5, 0.6) is 0 Å².